The molecule has 3 heteroatoms. The van der Waals surface area contributed by atoms with Crippen LogP contribution in [0.3, 0.4) is 0 Å². The summed E-state index contributed by atoms with van der Waals surface area (Å²) in [6.07, 6.45) is 0. The van der Waals surface area contributed by atoms with E-state index in [9.17, 15) is 0 Å². The highest BCUT2D eigenvalue weighted by Gasteiger charge is 2.16. The molecule has 1 aromatic rings. The lowest BCUT2D eigenvalue weighted by atomic mass is 10.0. The molecule has 0 spiro atoms. The first-order valence-electron chi connectivity index (χ1n) is 4.70. The molecule has 0 aliphatic rings. The Morgan fingerprint density at radius 3 is 2.23 bits per heavy atom. The average Bonchev–Trinajstić information content (AvgIpc) is 2.46. The fourth-order valence-corrected chi connectivity index (χ4v) is 1.77. The van der Waals surface area contributed by atoms with Gasteiger partial charge in [-0.1, -0.05) is 27.7 Å². The van der Waals surface area contributed by atoms with E-state index >= 15 is 0 Å². The van der Waals surface area contributed by atoms with Gasteiger partial charge < -0.3 is 0 Å². The van der Waals surface area contributed by atoms with Crippen molar-refractivity contribution >= 4 is 11.6 Å². The number of nitrogens with zero attached hydrogens (tertiary/aromatic N) is 1. The minimum Gasteiger partial charge on any atom is -0.282 e. The predicted octanol–water partition coefficient (Wildman–Crippen LogP) is 3.40. The monoisotopic (exact) mass is 200 g/mol. The lowest BCUT2D eigenvalue weighted by Crippen LogP contribution is -1.95. The molecule has 0 amide bonds. The molecular formula is C10H17ClN2. The molecule has 1 rings (SSSR count). The van der Waals surface area contributed by atoms with Crippen molar-refractivity contribution in [2.75, 3.05) is 0 Å². The third kappa shape index (κ3) is 2.05. The molecule has 0 aliphatic carbocycles. The summed E-state index contributed by atoms with van der Waals surface area (Å²) in [5.41, 5.74) is 3.48. The van der Waals surface area contributed by atoms with Gasteiger partial charge in [0.1, 0.15) is 0 Å². The number of rotatable bonds is 3. The summed E-state index contributed by atoms with van der Waals surface area (Å²) >= 11 is 5.91. The van der Waals surface area contributed by atoms with E-state index in [1.807, 2.05) is 0 Å². The maximum Gasteiger partial charge on any atom is 0.0694 e. The summed E-state index contributed by atoms with van der Waals surface area (Å²) in [7, 11) is 0. The number of hydrogen-bond donors (Lipinski definition) is 1. The first kappa shape index (κ1) is 10.6. The quantitative estimate of drug-likeness (QED) is 0.745. The fourth-order valence-electron chi connectivity index (χ4n) is 1.49. The highest BCUT2D eigenvalue weighted by molar-refractivity contribution is 6.17. The van der Waals surface area contributed by atoms with Gasteiger partial charge in [0.15, 0.2) is 0 Å². The number of H-pyrrole nitrogens is 1. The number of nitrogens with one attached hydrogen (secondary N) is 1. The molecule has 0 unspecified atom stereocenters. The molecule has 0 aromatic carbocycles. The van der Waals surface area contributed by atoms with Crippen LogP contribution in [0.5, 0.6) is 0 Å². The van der Waals surface area contributed by atoms with E-state index in [0.717, 1.165) is 5.69 Å². The minimum atomic E-state index is 0.442. The Hall–Kier alpha value is -0.500. The highest BCUT2D eigenvalue weighted by atomic mass is 35.5. The van der Waals surface area contributed by atoms with E-state index in [-0.39, 0.29) is 0 Å². The van der Waals surface area contributed by atoms with Gasteiger partial charge in [0.25, 0.3) is 0 Å². The molecule has 0 aliphatic heterocycles. The van der Waals surface area contributed by atoms with Gasteiger partial charge in [-0.25, -0.2) is 0 Å². The minimum absolute atomic E-state index is 0.442. The Balaban J connectivity index is 3.10. The highest BCUT2D eigenvalue weighted by Crippen LogP contribution is 2.26. The Kier molecular flexibility index (Phi) is 3.37. The molecule has 1 N–H and O–H groups in total. The third-order valence-electron chi connectivity index (χ3n) is 2.19. The largest absolute Gasteiger partial charge is 0.282 e. The molecule has 0 fully saturated rings. The van der Waals surface area contributed by atoms with Gasteiger partial charge in [-0.2, -0.15) is 5.10 Å². The lowest BCUT2D eigenvalue weighted by Gasteiger charge is -2.06. The second kappa shape index (κ2) is 4.14. The number of aromatic nitrogens is 2. The smallest absolute Gasteiger partial charge is 0.0694 e. The van der Waals surface area contributed by atoms with E-state index in [0.29, 0.717) is 17.7 Å². The van der Waals surface area contributed by atoms with Crippen molar-refractivity contribution in [1.82, 2.24) is 10.2 Å². The van der Waals surface area contributed by atoms with Gasteiger partial charge >= 0.3 is 0 Å². The second-order valence-electron chi connectivity index (χ2n) is 3.94. The summed E-state index contributed by atoms with van der Waals surface area (Å²) in [4.78, 5) is 0. The molecule has 0 radical (unpaired) electrons. The molecular weight excluding hydrogens is 184 g/mol. The topological polar surface area (TPSA) is 28.7 Å². The van der Waals surface area contributed by atoms with Crippen LogP contribution < -0.4 is 0 Å². The summed E-state index contributed by atoms with van der Waals surface area (Å²) < 4.78 is 0. The normalized spacial score (nSPS) is 11.6. The Morgan fingerprint density at radius 1 is 1.23 bits per heavy atom. The van der Waals surface area contributed by atoms with Crippen molar-refractivity contribution in [2.45, 2.75) is 45.4 Å². The fraction of sp³-hybridized carbons (Fsp3) is 0.700. The lowest BCUT2D eigenvalue weighted by molar-refractivity contribution is 0.791. The van der Waals surface area contributed by atoms with Crippen molar-refractivity contribution < 1.29 is 0 Å². The van der Waals surface area contributed by atoms with E-state index in [1.54, 1.807) is 0 Å². The number of alkyl halides is 1. The van der Waals surface area contributed by atoms with Gasteiger partial charge in [-0.15, -0.1) is 11.6 Å². The predicted molar refractivity (Wildman–Crippen MR) is 56.3 cm³/mol. The van der Waals surface area contributed by atoms with Crippen LogP contribution in [0.2, 0.25) is 0 Å². The molecule has 13 heavy (non-hydrogen) atoms. The third-order valence-corrected chi connectivity index (χ3v) is 2.46. The van der Waals surface area contributed by atoms with Gasteiger partial charge in [0.2, 0.25) is 0 Å². The van der Waals surface area contributed by atoms with Gasteiger partial charge in [0.05, 0.1) is 11.6 Å². The van der Waals surface area contributed by atoms with Gasteiger partial charge in [0, 0.05) is 11.3 Å². The van der Waals surface area contributed by atoms with Crippen molar-refractivity contribution in [3.05, 3.63) is 17.0 Å². The van der Waals surface area contributed by atoms with Crippen LogP contribution in [0.1, 0.15) is 56.5 Å². The SMILES string of the molecule is CC(C)c1n[nH]c(C(C)C)c1CCl. The second-order valence-corrected chi connectivity index (χ2v) is 4.21. The number of aromatic amines is 1. The zero-order valence-electron chi connectivity index (χ0n) is 8.69. The molecule has 74 valence electrons. The molecule has 0 saturated heterocycles. The van der Waals surface area contributed by atoms with Crippen LogP contribution in [0, 0.1) is 0 Å². The van der Waals surface area contributed by atoms with Crippen LogP contribution in [-0.2, 0) is 5.88 Å². The van der Waals surface area contributed by atoms with E-state index in [4.69, 9.17) is 11.6 Å². The van der Waals surface area contributed by atoms with Crippen molar-refractivity contribution in [1.29, 1.82) is 0 Å². The molecule has 1 heterocycles. The molecule has 0 saturated carbocycles. The molecule has 0 bridgehead atoms. The van der Waals surface area contributed by atoms with Crippen LogP contribution in [-0.4, -0.2) is 10.2 Å². The Labute approximate surface area is 84.7 Å². The van der Waals surface area contributed by atoms with Crippen LogP contribution >= 0.6 is 11.6 Å². The Morgan fingerprint density at radius 2 is 1.85 bits per heavy atom. The number of hydrogen-bond acceptors (Lipinski definition) is 1. The van der Waals surface area contributed by atoms with Crippen LogP contribution in [0.25, 0.3) is 0 Å². The molecule has 2 nitrogen and oxygen atoms in total. The van der Waals surface area contributed by atoms with E-state index in [2.05, 4.69) is 37.9 Å². The first-order chi connectivity index (χ1) is 6.07. The standard InChI is InChI=1S/C10H17ClN2/c1-6(2)9-8(5-11)10(7(3)4)13-12-9/h6-7H,5H2,1-4H3,(H,12,13). The maximum absolute atomic E-state index is 5.91. The number of halogens is 1. The summed E-state index contributed by atoms with van der Waals surface area (Å²) in [5, 5.41) is 7.37. The van der Waals surface area contributed by atoms with Gasteiger partial charge in [-0.05, 0) is 11.8 Å². The van der Waals surface area contributed by atoms with E-state index < -0.39 is 0 Å². The van der Waals surface area contributed by atoms with Gasteiger partial charge in [-0.3, -0.25) is 5.10 Å². The van der Waals surface area contributed by atoms with E-state index in [1.165, 1.54) is 11.3 Å². The zero-order chi connectivity index (χ0) is 10.0. The Bertz CT molecular complexity index is 251. The van der Waals surface area contributed by atoms with Crippen molar-refractivity contribution in [3.63, 3.8) is 0 Å². The maximum atomic E-state index is 5.91. The van der Waals surface area contributed by atoms with Crippen LogP contribution in [0.4, 0.5) is 0 Å². The molecule has 0 atom stereocenters. The summed E-state index contributed by atoms with van der Waals surface area (Å²) in [6, 6.07) is 0. The van der Waals surface area contributed by atoms with Crippen molar-refractivity contribution in [2.24, 2.45) is 0 Å². The molecule has 1 aromatic heterocycles. The van der Waals surface area contributed by atoms with Crippen LogP contribution in [0.15, 0.2) is 0 Å². The van der Waals surface area contributed by atoms with Crippen molar-refractivity contribution in [3.8, 4) is 0 Å². The summed E-state index contributed by atoms with van der Waals surface area (Å²) in [6.45, 7) is 8.56. The first-order valence-corrected chi connectivity index (χ1v) is 5.24. The average molecular weight is 201 g/mol. The summed E-state index contributed by atoms with van der Waals surface area (Å²) in [5.74, 6) is 1.46. The zero-order valence-corrected chi connectivity index (χ0v) is 9.44.